The van der Waals surface area contributed by atoms with E-state index in [1.807, 2.05) is 13.0 Å². The van der Waals surface area contributed by atoms with Crippen LogP contribution in [0.2, 0.25) is 0 Å². The van der Waals surface area contributed by atoms with Crippen LogP contribution in [0.3, 0.4) is 0 Å². The minimum absolute atomic E-state index is 0.0740. The number of hydrogen-bond acceptors (Lipinski definition) is 3. The van der Waals surface area contributed by atoms with E-state index in [2.05, 4.69) is 15.5 Å². The van der Waals surface area contributed by atoms with Crippen molar-refractivity contribution in [3.63, 3.8) is 0 Å². The minimum atomic E-state index is -0.0740. The average molecular weight is 247 g/mol. The first-order valence-electron chi connectivity index (χ1n) is 5.93. The number of nitrogens with zero attached hydrogens (tertiary/aromatic N) is 1. The molecule has 0 aliphatic rings. The van der Waals surface area contributed by atoms with Gasteiger partial charge in [0.2, 0.25) is 0 Å². The average Bonchev–Trinajstić information content (AvgIpc) is 2.83. The number of fused-ring (bicyclic) bond motifs is 1. The second-order valence-electron chi connectivity index (χ2n) is 4.33. The molecule has 18 heavy (non-hydrogen) atoms. The van der Waals surface area contributed by atoms with Gasteiger partial charge in [0.25, 0.3) is 5.91 Å². The van der Waals surface area contributed by atoms with Gasteiger partial charge in [0.1, 0.15) is 0 Å². The Labute approximate surface area is 106 Å². The van der Waals surface area contributed by atoms with E-state index in [0.29, 0.717) is 12.2 Å². The van der Waals surface area contributed by atoms with Crippen LogP contribution in [0.4, 0.5) is 0 Å². The first-order valence-corrected chi connectivity index (χ1v) is 5.93. The van der Waals surface area contributed by atoms with Gasteiger partial charge in [-0.1, -0.05) is 6.07 Å². The van der Waals surface area contributed by atoms with Crippen LogP contribution in [-0.4, -0.2) is 35.9 Å². The predicted octanol–water partition coefficient (Wildman–Crippen LogP) is 1.72. The zero-order chi connectivity index (χ0) is 13.0. The topological polar surface area (TPSA) is 67.0 Å². The van der Waals surface area contributed by atoms with E-state index in [0.717, 1.165) is 17.3 Å². The third-order valence-corrected chi connectivity index (χ3v) is 2.84. The lowest BCUT2D eigenvalue weighted by molar-refractivity contribution is 0.0929. The van der Waals surface area contributed by atoms with Crippen LogP contribution in [-0.2, 0) is 4.74 Å². The summed E-state index contributed by atoms with van der Waals surface area (Å²) in [5, 5.41) is 10.7. The lowest BCUT2D eigenvalue weighted by Gasteiger charge is -2.13. The van der Waals surface area contributed by atoms with Crippen LogP contribution < -0.4 is 5.32 Å². The number of amides is 1. The third kappa shape index (κ3) is 2.87. The van der Waals surface area contributed by atoms with Crippen LogP contribution >= 0.6 is 0 Å². The molecular formula is C13H17N3O2. The molecule has 2 aromatic rings. The van der Waals surface area contributed by atoms with Crippen molar-refractivity contribution >= 4 is 16.8 Å². The number of benzene rings is 1. The third-order valence-electron chi connectivity index (χ3n) is 2.84. The molecule has 1 aromatic heterocycles. The number of ether oxygens (including phenoxy) is 1. The quantitative estimate of drug-likeness (QED) is 0.845. The van der Waals surface area contributed by atoms with E-state index in [1.54, 1.807) is 25.4 Å². The Bertz CT molecular complexity index is 536. The number of nitrogens with one attached hydrogen (secondary N) is 2. The monoisotopic (exact) mass is 247 g/mol. The molecule has 0 aliphatic heterocycles. The van der Waals surface area contributed by atoms with Crippen LogP contribution in [0, 0.1) is 0 Å². The smallest absolute Gasteiger partial charge is 0.251 e. The molecule has 0 spiro atoms. The highest BCUT2D eigenvalue weighted by Crippen LogP contribution is 2.12. The SMILES string of the molecule is COCCC(C)NC(=O)c1ccc2cn[nH]c2c1. The van der Waals surface area contributed by atoms with E-state index in [-0.39, 0.29) is 11.9 Å². The standard InChI is InChI=1S/C13H17N3O2/c1-9(5-6-18-2)15-13(17)10-3-4-11-8-14-16-12(11)7-10/h3-4,7-9H,5-6H2,1-2H3,(H,14,16)(H,15,17). The van der Waals surface area contributed by atoms with Crippen LogP contribution in [0.15, 0.2) is 24.4 Å². The molecule has 2 N–H and O–H groups in total. The summed E-state index contributed by atoms with van der Waals surface area (Å²) in [5.41, 5.74) is 1.50. The number of carbonyl (C=O) groups is 1. The fourth-order valence-corrected chi connectivity index (χ4v) is 1.75. The van der Waals surface area contributed by atoms with Crippen LogP contribution in [0.25, 0.3) is 10.9 Å². The maximum absolute atomic E-state index is 12.0. The Morgan fingerprint density at radius 2 is 2.39 bits per heavy atom. The van der Waals surface area contributed by atoms with Crippen molar-refractivity contribution in [2.75, 3.05) is 13.7 Å². The van der Waals surface area contributed by atoms with Crippen molar-refractivity contribution in [3.8, 4) is 0 Å². The molecule has 0 aliphatic carbocycles. The minimum Gasteiger partial charge on any atom is -0.385 e. The lowest BCUT2D eigenvalue weighted by atomic mass is 10.1. The predicted molar refractivity (Wildman–Crippen MR) is 69.5 cm³/mol. The number of methoxy groups -OCH3 is 1. The van der Waals surface area contributed by atoms with Gasteiger partial charge in [-0.3, -0.25) is 9.89 Å². The van der Waals surface area contributed by atoms with Crippen LogP contribution in [0.1, 0.15) is 23.7 Å². The normalized spacial score (nSPS) is 12.6. The van der Waals surface area contributed by atoms with E-state index in [4.69, 9.17) is 4.74 Å². The summed E-state index contributed by atoms with van der Waals surface area (Å²) in [4.78, 5) is 12.0. The molecule has 0 fully saturated rings. The van der Waals surface area contributed by atoms with Crippen LogP contribution in [0.5, 0.6) is 0 Å². The molecule has 0 saturated heterocycles. The highest BCUT2D eigenvalue weighted by Gasteiger charge is 2.10. The van der Waals surface area contributed by atoms with Gasteiger partial charge in [-0.2, -0.15) is 5.10 Å². The molecule has 0 saturated carbocycles. The molecule has 5 nitrogen and oxygen atoms in total. The summed E-state index contributed by atoms with van der Waals surface area (Å²) >= 11 is 0. The molecule has 1 aromatic carbocycles. The molecule has 0 radical (unpaired) electrons. The highest BCUT2D eigenvalue weighted by atomic mass is 16.5. The number of carbonyl (C=O) groups excluding carboxylic acids is 1. The summed E-state index contributed by atoms with van der Waals surface area (Å²) in [5.74, 6) is -0.0740. The van der Waals surface area contributed by atoms with Gasteiger partial charge in [-0.05, 0) is 25.5 Å². The molecular weight excluding hydrogens is 230 g/mol. The number of H-pyrrole nitrogens is 1. The van der Waals surface area contributed by atoms with Gasteiger partial charge in [0, 0.05) is 30.7 Å². The van der Waals surface area contributed by atoms with E-state index >= 15 is 0 Å². The molecule has 1 amide bonds. The first-order chi connectivity index (χ1) is 8.70. The fraction of sp³-hybridized carbons (Fsp3) is 0.385. The van der Waals surface area contributed by atoms with Crippen molar-refractivity contribution in [2.24, 2.45) is 0 Å². The van der Waals surface area contributed by atoms with Gasteiger partial charge in [-0.25, -0.2) is 0 Å². The number of aromatic nitrogens is 2. The molecule has 1 heterocycles. The molecule has 1 unspecified atom stereocenters. The zero-order valence-corrected chi connectivity index (χ0v) is 10.6. The van der Waals surface area contributed by atoms with Crippen molar-refractivity contribution in [1.29, 1.82) is 0 Å². The van der Waals surface area contributed by atoms with Crippen molar-refractivity contribution in [1.82, 2.24) is 15.5 Å². The molecule has 1 atom stereocenters. The summed E-state index contributed by atoms with van der Waals surface area (Å²) in [6.45, 7) is 2.60. The second kappa shape index (κ2) is 5.64. The summed E-state index contributed by atoms with van der Waals surface area (Å²) in [6.07, 6.45) is 2.53. The van der Waals surface area contributed by atoms with E-state index in [9.17, 15) is 4.79 Å². The number of rotatable bonds is 5. The van der Waals surface area contributed by atoms with E-state index < -0.39 is 0 Å². The number of aromatic amines is 1. The van der Waals surface area contributed by atoms with Gasteiger partial charge in [-0.15, -0.1) is 0 Å². The van der Waals surface area contributed by atoms with Gasteiger partial charge in [0.15, 0.2) is 0 Å². The summed E-state index contributed by atoms with van der Waals surface area (Å²) in [6, 6.07) is 5.58. The largest absolute Gasteiger partial charge is 0.385 e. The Kier molecular flexibility index (Phi) is 3.94. The van der Waals surface area contributed by atoms with Gasteiger partial charge >= 0.3 is 0 Å². The van der Waals surface area contributed by atoms with Gasteiger partial charge in [0.05, 0.1) is 11.7 Å². The molecule has 0 bridgehead atoms. The summed E-state index contributed by atoms with van der Waals surface area (Å²) in [7, 11) is 1.65. The molecule has 2 rings (SSSR count). The Morgan fingerprint density at radius 1 is 1.56 bits per heavy atom. The van der Waals surface area contributed by atoms with Crippen molar-refractivity contribution < 1.29 is 9.53 Å². The Morgan fingerprint density at radius 3 is 3.17 bits per heavy atom. The first kappa shape index (κ1) is 12.6. The Balaban J connectivity index is 2.03. The summed E-state index contributed by atoms with van der Waals surface area (Å²) < 4.78 is 4.98. The molecule has 5 heteroatoms. The maximum atomic E-state index is 12.0. The zero-order valence-electron chi connectivity index (χ0n) is 10.6. The number of hydrogen-bond donors (Lipinski definition) is 2. The van der Waals surface area contributed by atoms with Crippen molar-refractivity contribution in [3.05, 3.63) is 30.0 Å². The van der Waals surface area contributed by atoms with Gasteiger partial charge < -0.3 is 10.1 Å². The maximum Gasteiger partial charge on any atom is 0.251 e. The second-order valence-corrected chi connectivity index (χ2v) is 4.33. The van der Waals surface area contributed by atoms with Crippen molar-refractivity contribution in [2.45, 2.75) is 19.4 Å². The Hall–Kier alpha value is -1.88. The lowest BCUT2D eigenvalue weighted by Crippen LogP contribution is -2.33. The van der Waals surface area contributed by atoms with E-state index in [1.165, 1.54) is 0 Å². The molecule has 96 valence electrons. The fourth-order valence-electron chi connectivity index (χ4n) is 1.75. The highest BCUT2D eigenvalue weighted by molar-refractivity contribution is 5.97.